The van der Waals surface area contributed by atoms with Crippen molar-refractivity contribution in [3.8, 4) is 0 Å². The third kappa shape index (κ3) is 6.33. The smallest absolute Gasteiger partial charge is 0.312 e. The Balaban J connectivity index is 2.26. The molecular weight excluding hydrogens is 246 g/mol. The number of nitrogens with one attached hydrogen (secondary N) is 1. The minimum Gasteiger partial charge on any atom is -0.481 e. The first-order chi connectivity index (χ1) is 9.25. The largest absolute Gasteiger partial charge is 0.481 e. The van der Waals surface area contributed by atoms with E-state index in [4.69, 9.17) is 9.84 Å². The first kappa shape index (κ1) is 15.6. The van der Waals surface area contributed by atoms with Crippen molar-refractivity contribution in [1.82, 2.24) is 5.32 Å². The van der Waals surface area contributed by atoms with Gasteiger partial charge in [-0.1, -0.05) is 30.3 Å². The maximum Gasteiger partial charge on any atom is 0.312 e. The van der Waals surface area contributed by atoms with Gasteiger partial charge in [0.2, 0.25) is 0 Å². The molecule has 0 aliphatic rings. The van der Waals surface area contributed by atoms with Crippen molar-refractivity contribution < 1.29 is 19.7 Å². The van der Waals surface area contributed by atoms with Crippen molar-refractivity contribution >= 4 is 5.97 Å². The van der Waals surface area contributed by atoms with Gasteiger partial charge in [-0.3, -0.25) is 4.79 Å². The molecule has 0 bridgehead atoms. The molecule has 5 nitrogen and oxygen atoms in total. The fourth-order valence-electron chi connectivity index (χ4n) is 1.75. The van der Waals surface area contributed by atoms with E-state index in [1.807, 2.05) is 30.3 Å². The first-order valence-corrected chi connectivity index (χ1v) is 6.42. The highest BCUT2D eigenvalue weighted by molar-refractivity contribution is 5.76. The van der Waals surface area contributed by atoms with Gasteiger partial charge in [0.15, 0.2) is 0 Å². The summed E-state index contributed by atoms with van der Waals surface area (Å²) in [5.41, 5.74) is 0.805. The maximum absolute atomic E-state index is 11.2. The van der Waals surface area contributed by atoms with Crippen LogP contribution in [0.1, 0.15) is 17.9 Å². The number of carboxylic acid groups (broad SMARTS) is 1. The molecule has 0 heterocycles. The average Bonchev–Trinajstić information content (AvgIpc) is 2.42. The summed E-state index contributed by atoms with van der Waals surface area (Å²) < 4.78 is 5.12. The second-order valence-corrected chi connectivity index (χ2v) is 4.20. The second-order valence-electron chi connectivity index (χ2n) is 4.20. The molecule has 0 fully saturated rings. The molecule has 1 unspecified atom stereocenters. The minimum atomic E-state index is -0.824. The predicted octanol–water partition coefficient (Wildman–Crippen LogP) is 0.843. The fraction of sp³-hybridized carbons (Fsp3) is 0.500. The summed E-state index contributed by atoms with van der Waals surface area (Å²) in [6.45, 7) is 2.04. The van der Waals surface area contributed by atoms with Crippen molar-refractivity contribution in [2.45, 2.75) is 12.3 Å². The van der Waals surface area contributed by atoms with Crippen LogP contribution in [0.2, 0.25) is 0 Å². The molecule has 0 aromatic heterocycles. The summed E-state index contributed by atoms with van der Waals surface area (Å²) in [7, 11) is 0. The van der Waals surface area contributed by atoms with Crippen LogP contribution < -0.4 is 5.32 Å². The normalized spacial score (nSPS) is 12.3. The lowest BCUT2D eigenvalue weighted by atomic mass is 9.99. The molecule has 1 atom stereocenters. The van der Waals surface area contributed by atoms with Crippen molar-refractivity contribution in [1.29, 1.82) is 0 Å². The van der Waals surface area contributed by atoms with E-state index in [1.165, 1.54) is 0 Å². The summed E-state index contributed by atoms with van der Waals surface area (Å²) in [6, 6.07) is 9.20. The van der Waals surface area contributed by atoms with Crippen LogP contribution in [-0.4, -0.2) is 49.1 Å². The molecule has 0 aliphatic heterocycles. The molecule has 0 aliphatic carbocycles. The van der Waals surface area contributed by atoms with Crippen LogP contribution in [0.15, 0.2) is 30.3 Å². The number of aliphatic carboxylic acids is 1. The van der Waals surface area contributed by atoms with Gasteiger partial charge in [-0.15, -0.1) is 0 Å². The number of hydrogen-bond acceptors (Lipinski definition) is 4. The third-order valence-corrected chi connectivity index (χ3v) is 2.73. The minimum absolute atomic E-state index is 0.0303. The average molecular weight is 267 g/mol. The Morgan fingerprint density at radius 3 is 2.63 bits per heavy atom. The highest BCUT2D eigenvalue weighted by Gasteiger charge is 2.18. The number of hydrogen-bond donors (Lipinski definition) is 3. The Hall–Kier alpha value is -1.43. The summed E-state index contributed by atoms with van der Waals surface area (Å²) in [4.78, 5) is 11.2. The Morgan fingerprint density at radius 2 is 2.00 bits per heavy atom. The number of ether oxygens (including phenoxy) is 1. The van der Waals surface area contributed by atoms with E-state index < -0.39 is 11.9 Å². The third-order valence-electron chi connectivity index (χ3n) is 2.73. The van der Waals surface area contributed by atoms with Gasteiger partial charge in [0.25, 0.3) is 0 Å². The van der Waals surface area contributed by atoms with E-state index in [2.05, 4.69) is 5.32 Å². The highest BCUT2D eigenvalue weighted by Crippen LogP contribution is 2.14. The van der Waals surface area contributed by atoms with Crippen molar-refractivity contribution in [2.24, 2.45) is 0 Å². The van der Waals surface area contributed by atoms with Crippen LogP contribution in [0.25, 0.3) is 0 Å². The van der Waals surface area contributed by atoms with E-state index in [0.29, 0.717) is 26.3 Å². The second kappa shape index (κ2) is 9.49. The molecule has 5 heteroatoms. The zero-order valence-corrected chi connectivity index (χ0v) is 10.9. The number of aliphatic hydroxyl groups is 1. The lowest BCUT2D eigenvalue weighted by Gasteiger charge is -2.13. The van der Waals surface area contributed by atoms with Crippen molar-refractivity contribution in [3.63, 3.8) is 0 Å². The Labute approximate surface area is 113 Å². The lowest BCUT2D eigenvalue weighted by molar-refractivity contribution is -0.138. The first-order valence-electron chi connectivity index (χ1n) is 6.42. The van der Waals surface area contributed by atoms with Gasteiger partial charge in [-0.2, -0.15) is 0 Å². The highest BCUT2D eigenvalue weighted by atomic mass is 16.5. The Kier molecular flexibility index (Phi) is 7.81. The van der Waals surface area contributed by atoms with Gasteiger partial charge in [0.05, 0.1) is 19.1 Å². The van der Waals surface area contributed by atoms with Crippen LogP contribution in [0.5, 0.6) is 0 Å². The zero-order chi connectivity index (χ0) is 13.9. The molecule has 0 saturated carbocycles. The number of aliphatic hydroxyl groups excluding tert-OH is 1. The van der Waals surface area contributed by atoms with Crippen molar-refractivity contribution in [2.75, 3.05) is 32.9 Å². The monoisotopic (exact) mass is 267 g/mol. The SMILES string of the molecule is O=C(O)C(CNCCCOCCO)c1ccccc1. The van der Waals surface area contributed by atoms with Gasteiger partial charge in [0.1, 0.15) is 0 Å². The van der Waals surface area contributed by atoms with E-state index in [9.17, 15) is 9.90 Å². The lowest BCUT2D eigenvalue weighted by Crippen LogP contribution is -2.28. The molecule has 0 radical (unpaired) electrons. The van der Waals surface area contributed by atoms with E-state index in [0.717, 1.165) is 12.0 Å². The number of rotatable bonds is 10. The Bertz CT molecular complexity index is 356. The number of benzene rings is 1. The quantitative estimate of drug-likeness (QED) is 0.548. The van der Waals surface area contributed by atoms with E-state index in [1.54, 1.807) is 0 Å². The number of carboxylic acids is 1. The van der Waals surface area contributed by atoms with Gasteiger partial charge >= 0.3 is 5.97 Å². The van der Waals surface area contributed by atoms with Crippen molar-refractivity contribution in [3.05, 3.63) is 35.9 Å². The molecule has 0 saturated heterocycles. The molecule has 1 aromatic rings. The molecule has 1 rings (SSSR count). The van der Waals surface area contributed by atoms with Gasteiger partial charge in [-0.25, -0.2) is 0 Å². The molecule has 19 heavy (non-hydrogen) atoms. The van der Waals surface area contributed by atoms with E-state index >= 15 is 0 Å². The van der Waals surface area contributed by atoms with Gasteiger partial charge < -0.3 is 20.3 Å². The topological polar surface area (TPSA) is 78.8 Å². The molecule has 0 amide bonds. The van der Waals surface area contributed by atoms with Gasteiger partial charge in [0, 0.05) is 13.2 Å². The van der Waals surface area contributed by atoms with Crippen LogP contribution in [-0.2, 0) is 9.53 Å². The summed E-state index contributed by atoms with van der Waals surface area (Å²) in [5, 5.41) is 20.8. The van der Waals surface area contributed by atoms with Crippen LogP contribution >= 0.6 is 0 Å². The molecule has 106 valence electrons. The van der Waals surface area contributed by atoms with Crippen LogP contribution in [0.3, 0.4) is 0 Å². The number of carbonyl (C=O) groups is 1. The molecule has 0 spiro atoms. The maximum atomic E-state index is 11.2. The summed E-state index contributed by atoms with van der Waals surface area (Å²) in [6.07, 6.45) is 0.793. The van der Waals surface area contributed by atoms with Gasteiger partial charge in [-0.05, 0) is 18.5 Å². The predicted molar refractivity (Wildman–Crippen MR) is 72.2 cm³/mol. The Morgan fingerprint density at radius 1 is 1.26 bits per heavy atom. The van der Waals surface area contributed by atoms with Crippen LogP contribution in [0, 0.1) is 0 Å². The summed E-state index contributed by atoms with van der Waals surface area (Å²) >= 11 is 0. The molecular formula is C14H21NO4. The standard InChI is InChI=1S/C14H21NO4/c16-8-10-19-9-4-7-15-11-13(14(17)18)12-5-2-1-3-6-12/h1-3,5-6,13,15-16H,4,7-11H2,(H,17,18). The summed E-state index contributed by atoms with van der Waals surface area (Å²) in [5.74, 6) is -1.35. The fourth-order valence-corrected chi connectivity index (χ4v) is 1.75. The molecule has 3 N–H and O–H groups in total. The van der Waals surface area contributed by atoms with E-state index in [-0.39, 0.29) is 6.61 Å². The zero-order valence-electron chi connectivity index (χ0n) is 10.9. The van der Waals surface area contributed by atoms with Crippen LogP contribution in [0.4, 0.5) is 0 Å². The molecule has 1 aromatic carbocycles.